The van der Waals surface area contributed by atoms with Gasteiger partial charge in [0.05, 0.1) is 18.8 Å². The third-order valence-electron chi connectivity index (χ3n) is 4.32. The number of nitriles is 1. The van der Waals surface area contributed by atoms with Crippen LogP contribution in [0.3, 0.4) is 0 Å². The summed E-state index contributed by atoms with van der Waals surface area (Å²) in [4.78, 5) is 0. The zero-order chi connectivity index (χ0) is 19.9. The van der Waals surface area contributed by atoms with Crippen LogP contribution < -0.4 is 9.47 Å². The second-order valence-corrected chi connectivity index (χ2v) is 6.33. The molecule has 0 bridgehead atoms. The molecular weight excluding hydrogens is 353 g/mol. The van der Waals surface area contributed by atoms with Crippen LogP contribution in [0.5, 0.6) is 11.5 Å². The molecule has 0 aliphatic carbocycles. The van der Waals surface area contributed by atoms with Crippen LogP contribution in [0.4, 0.5) is 4.39 Å². The van der Waals surface area contributed by atoms with E-state index in [-0.39, 0.29) is 12.4 Å². The van der Waals surface area contributed by atoms with Gasteiger partial charge in [-0.2, -0.15) is 5.26 Å². The van der Waals surface area contributed by atoms with E-state index in [9.17, 15) is 9.65 Å². The lowest BCUT2D eigenvalue weighted by Crippen LogP contribution is -2.00. The fourth-order valence-electron chi connectivity index (χ4n) is 2.74. The number of aryl methyl sites for hydroxylation is 1. The molecular formula is C24H20FNO2. The number of allylic oxidation sites excluding steroid dienone is 1. The fraction of sp³-hybridized carbons (Fsp3) is 0.125. The maximum atomic E-state index is 13.8. The molecule has 0 N–H and O–H groups in total. The number of methoxy groups -OCH3 is 1. The van der Waals surface area contributed by atoms with Gasteiger partial charge >= 0.3 is 0 Å². The van der Waals surface area contributed by atoms with E-state index in [1.165, 1.54) is 6.07 Å². The minimum Gasteiger partial charge on any atom is -0.493 e. The molecule has 0 amide bonds. The predicted molar refractivity (Wildman–Crippen MR) is 108 cm³/mol. The van der Waals surface area contributed by atoms with Crippen molar-refractivity contribution in [2.45, 2.75) is 13.5 Å². The Hall–Kier alpha value is -3.58. The zero-order valence-corrected chi connectivity index (χ0v) is 15.8. The van der Waals surface area contributed by atoms with Crippen LogP contribution in [-0.4, -0.2) is 7.11 Å². The highest BCUT2D eigenvalue weighted by atomic mass is 19.1. The molecule has 0 saturated carbocycles. The highest BCUT2D eigenvalue weighted by Crippen LogP contribution is 2.30. The number of hydrogen-bond acceptors (Lipinski definition) is 3. The highest BCUT2D eigenvalue weighted by molar-refractivity contribution is 5.89. The number of ether oxygens (including phenoxy) is 2. The maximum Gasteiger partial charge on any atom is 0.161 e. The summed E-state index contributed by atoms with van der Waals surface area (Å²) in [5.74, 6) is 0.723. The average molecular weight is 373 g/mol. The molecule has 28 heavy (non-hydrogen) atoms. The Morgan fingerprint density at radius 2 is 1.79 bits per heavy atom. The number of halogens is 1. The Morgan fingerprint density at radius 3 is 2.46 bits per heavy atom. The van der Waals surface area contributed by atoms with Gasteiger partial charge in [0.2, 0.25) is 0 Å². The van der Waals surface area contributed by atoms with Gasteiger partial charge in [0, 0.05) is 5.56 Å². The standard InChI is InChI=1S/C24H20FNO2/c1-17-7-10-19(11-8-17)21(15-26)13-18-9-12-23(24(14-18)27-2)28-16-20-5-3-4-6-22(20)25/h3-14H,16H2,1-2H3/b21-13+. The molecule has 3 nitrogen and oxygen atoms in total. The Labute approximate surface area is 164 Å². The molecule has 0 aliphatic heterocycles. The van der Waals surface area contributed by atoms with E-state index in [1.54, 1.807) is 43.5 Å². The zero-order valence-electron chi connectivity index (χ0n) is 15.8. The molecule has 0 fully saturated rings. The van der Waals surface area contributed by atoms with E-state index in [0.717, 1.165) is 16.7 Å². The second-order valence-electron chi connectivity index (χ2n) is 6.33. The molecule has 3 aromatic carbocycles. The van der Waals surface area contributed by atoms with Crippen molar-refractivity contribution >= 4 is 11.6 Å². The molecule has 0 spiro atoms. The quantitative estimate of drug-likeness (QED) is 0.406. The highest BCUT2D eigenvalue weighted by Gasteiger charge is 2.09. The van der Waals surface area contributed by atoms with E-state index in [1.807, 2.05) is 37.3 Å². The average Bonchev–Trinajstić information content (AvgIpc) is 2.72. The van der Waals surface area contributed by atoms with Crippen LogP contribution in [0.25, 0.3) is 11.6 Å². The summed E-state index contributed by atoms with van der Waals surface area (Å²) in [6.07, 6.45) is 1.80. The normalized spacial score (nSPS) is 11.0. The van der Waals surface area contributed by atoms with Gasteiger partial charge in [-0.05, 0) is 42.3 Å². The third-order valence-corrected chi connectivity index (χ3v) is 4.32. The summed E-state index contributed by atoms with van der Waals surface area (Å²) < 4.78 is 24.9. The van der Waals surface area contributed by atoms with E-state index in [0.29, 0.717) is 22.6 Å². The van der Waals surface area contributed by atoms with E-state index in [2.05, 4.69) is 6.07 Å². The van der Waals surface area contributed by atoms with Crippen molar-refractivity contribution in [1.29, 1.82) is 5.26 Å². The molecule has 140 valence electrons. The number of hydrogen-bond donors (Lipinski definition) is 0. The molecule has 3 rings (SSSR count). The maximum absolute atomic E-state index is 13.8. The van der Waals surface area contributed by atoms with Gasteiger partial charge in [-0.1, -0.05) is 54.1 Å². The molecule has 0 heterocycles. The summed E-state index contributed by atoms with van der Waals surface area (Å²) in [6, 6.07) is 21.9. The van der Waals surface area contributed by atoms with Crippen LogP contribution in [0, 0.1) is 24.1 Å². The lowest BCUT2D eigenvalue weighted by Gasteiger charge is -2.12. The Balaban J connectivity index is 1.83. The van der Waals surface area contributed by atoms with Crippen molar-refractivity contribution in [3.63, 3.8) is 0 Å². The van der Waals surface area contributed by atoms with Crippen LogP contribution in [-0.2, 0) is 6.61 Å². The van der Waals surface area contributed by atoms with Crippen molar-refractivity contribution in [3.8, 4) is 17.6 Å². The van der Waals surface area contributed by atoms with Crippen molar-refractivity contribution in [2.75, 3.05) is 7.11 Å². The predicted octanol–water partition coefficient (Wildman–Crippen LogP) is 5.79. The summed E-state index contributed by atoms with van der Waals surface area (Å²) in [6.45, 7) is 2.11. The molecule has 0 radical (unpaired) electrons. The van der Waals surface area contributed by atoms with Gasteiger partial charge in [-0.15, -0.1) is 0 Å². The van der Waals surface area contributed by atoms with Crippen molar-refractivity contribution in [1.82, 2.24) is 0 Å². The molecule has 0 atom stereocenters. The number of nitrogens with zero attached hydrogens (tertiary/aromatic N) is 1. The summed E-state index contributed by atoms with van der Waals surface area (Å²) >= 11 is 0. The first-order valence-corrected chi connectivity index (χ1v) is 8.84. The first-order valence-electron chi connectivity index (χ1n) is 8.84. The van der Waals surface area contributed by atoms with E-state index < -0.39 is 0 Å². The van der Waals surface area contributed by atoms with E-state index >= 15 is 0 Å². The number of rotatable bonds is 6. The van der Waals surface area contributed by atoms with Gasteiger partial charge in [0.15, 0.2) is 11.5 Å². The van der Waals surface area contributed by atoms with Crippen molar-refractivity contribution in [2.24, 2.45) is 0 Å². The van der Waals surface area contributed by atoms with Gasteiger partial charge in [-0.25, -0.2) is 4.39 Å². The monoisotopic (exact) mass is 373 g/mol. The minimum absolute atomic E-state index is 0.102. The topological polar surface area (TPSA) is 42.2 Å². The van der Waals surface area contributed by atoms with Crippen LogP contribution in [0.15, 0.2) is 66.7 Å². The second kappa shape index (κ2) is 8.88. The molecule has 4 heteroatoms. The van der Waals surface area contributed by atoms with Gasteiger partial charge in [-0.3, -0.25) is 0 Å². The largest absolute Gasteiger partial charge is 0.493 e. The summed E-state index contributed by atoms with van der Waals surface area (Å²) in [5.41, 5.74) is 3.83. The SMILES string of the molecule is COc1cc(/C=C(\C#N)c2ccc(C)cc2)ccc1OCc1ccccc1F. The smallest absolute Gasteiger partial charge is 0.161 e. The fourth-order valence-corrected chi connectivity index (χ4v) is 2.74. The lowest BCUT2D eigenvalue weighted by atomic mass is 10.0. The Kier molecular flexibility index (Phi) is 6.08. The van der Waals surface area contributed by atoms with Crippen LogP contribution in [0.1, 0.15) is 22.3 Å². The summed E-state index contributed by atoms with van der Waals surface area (Å²) in [5, 5.41) is 9.52. The number of benzene rings is 3. The van der Waals surface area contributed by atoms with Gasteiger partial charge in [0.25, 0.3) is 0 Å². The van der Waals surface area contributed by atoms with Crippen LogP contribution >= 0.6 is 0 Å². The molecule has 0 unspecified atom stereocenters. The van der Waals surface area contributed by atoms with E-state index in [4.69, 9.17) is 9.47 Å². The first-order chi connectivity index (χ1) is 13.6. The van der Waals surface area contributed by atoms with Crippen molar-refractivity contribution in [3.05, 3.63) is 94.8 Å². The van der Waals surface area contributed by atoms with Gasteiger partial charge < -0.3 is 9.47 Å². The molecule has 0 saturated heterocycles. The van der Waals surface area contributed by atoms with Crippen molar-refractivity contribution < 1.29 is 13.9 Å². The summed E-state index contributed by atoms with van der Waals surface area (Å²) in [7, 11) is 1.55. The van der Waals surface area contributed by atoms with Gasteiger partial charge in [0.1, 0.15) is 12.4 Å². The first kappa shape index (κ1) is 19.2. The Morgan fingerprint density at radius 1 is 1.04 bits per heavy atom. The molecule has 0 aliphatic rings. The minimum atomic E-state index is -0.308. The molecule has 3 aromatic rings. The lowest BCUT2D eigenvalue weighted by molar-refractivity contribution is 0.279. The Bertz CT molecular complexity index is 1030. The third kappa shape index (κ3) is 4.57. The molecule has 0 aromatic heterocycles. The van der Waals surface area contributed by atoms with Crippen LogP contribution in [0.2, 0.25) is 0 Å².